The van der Waals surface area contributed by atoms with Crippen molar-refractivity contribution in [2.24, 2.45) is 0 Å². The van der Waals surface area contributed by atoms with Gasteiger partial charge < -0.3 is 9.42 Å². The highest BCUT2D eigenvalue weighted by Crippen LogP contribution is 2.40. The molecule has 2 aromatic heterocycles. The van der Waals surface area contributed by atoms with Crippen LogP contribution >= 0.6 is 0 Å². The van der Waals surface area contributed by atoms with Gasteiger partial charge in [0.05, 0.1) is 16.6 Å². The number of pyridine rings is 1. The average Bonchev–Trinajstić information content (AvgIpc) is 3.22. The van der Waals surface area contributed by atoms with Crippen LogP contribution in [0.25, 0.3) is 11.1 Å². The Kier molecular flexibility index (Phi) is 3.20. The molecule has 2 aromatic rings. The first-order valence-electron chi connectivity index (χ1n) is 7.14. The summed E-state index contributed by atoms with van der Waals surface area (Å²) in [7, 11) is 1.83. The molecule has 1 saturated carbocycles. The molecular formula is C15H19N3O2. The third kappa shape index (κ3) is 2.17. The van der Waals surface area contributed by atoms with Crippen molar-refractivity contribution >= 4 is 17.0 Å². The first-order chi connectivity index (χ1) is 9.61. The average molecular weight is 273 g/mol. The molecule has 20 heavy (non-hydrogen) atoms. The van der Waals surface area contributed by atoms with Crippen LogP contribution in [0.3, 0.4) is 0 Å². The third-order valence-electron chi connectivity index (χ3n) is 3.77. The smallest absolute Gasteiger partial charge is 0.259 e. The minimum Gasteiger partial charge on any atom is -0.342 e. The van der Waals surface area contributed by atoms with Crippen LogP contribution in [0.4, 0.5) is 0 Å². The lowest BCUT2D eigenvalue weighted by atomic mass is 10.1. The molecule has 1 fully saturated rings. The number of aromatic nitrogens is 2. The van der Waals surface area contributed by atoms with Crippen molar-refractivity contribution < 1.29 is 9.32 Å². The summed E-state index contributed by atoms with van der Waals surface area (Å²) in [5, 5.41) is 4.71. The number of aryl methyl sites for hydroxylation is 1. The molecule has 0 N–H and O–H groups in total. The molecule has 0 atom stereocenters. The summed E-state index contributed by atoms with van der Waals surface area (Å²) in [5.41, 5.74) is 2.84. The van der Waals surface area contributed by atoms with Gasteiger partial charge in [-0.2, -0.15) is 0 Å². The largest absolute Gasteiger partial charge is 0.342 e. The highest BCUT2D eigenvalue weighted by Gasteiger charge is 2.29. The molecule has 0 radical (unpaired) electrons. The predicted octanol–water partition coefficient (Wildman–Crippen LogP) is 2.89. The van der Waals surface area contributed by atoms with E-state index < -0.39 is 0 Å². The summed E-state index contributed by atoms with van der Waals surface area (Å²) in [6, 6.07) is 1.93. The summed E-state index contributed by atoms with van der Waals surface area (Å²) >= 11 is 0. The number of hydrogen-bond acceptors (Lipinski definition) is 4. The van der Waals surface area contributed by atoms with Crippen molar-refractivity contribution in [3.8, 4) is 0 Å². The highest BCUT2D eigenvalue weighted by atomic mass is 16.5. The van der Waals surface area contributed by atoms with E-state index in [-0.39, 0.29) is 5.91 Å². The lowest BCUT2D eigenvalue weighted by Crippen LogP contribution is -2.27. The Bertz CT molecular complexity index is 658. The van der Waals surface area contributed by atoms with Gasteiger partial charge in [0.15, 0.2) is 0 Å². The molecule has 0 aliphatic heterocycles. The molecule has 0 bridgehead atoms. The Morgan fingerprint density at radius 3 is 2.90 bits per heavy atom. The van der Waals surface area contributed by atoms with Crippen LogP contribution in [0.2, 0.25) is 0 Å². The zero-order valence-corrected chi connectivity index (χ0v) is 12.1. The monoisotopic (exact) mass is 273 g/mol. The van der Waals surface area contributed by atoms with E-state index in [1.165, 1.54) is 0 Å². The molecule has 2 heterocycles. The molecule has 106 valence electrons. The molecule has 3 rings (SSSR count). The minimum absolute atomic E-state index is 0.0208. The molecule has 0 aromatic carbocycles. The van der Waals surface area contributed by atoms with E-state index in [1.807, 2.05) is 20.0 Å². The Morgan fingerprint density at radius 2 is 2.25 bits per heavy atom. The van der Waals surface area contributed by atoms with E-state index in [2.05, 4.69) is 17.1 Å². The van der Waals surface area contributed by atoms with Gasteiger partial charge in [0, 0.05) is 25.2 Å². The third-order valence-corrected chi connectivity index (χ3v) is 3.77. The van der Waals surface area contributed by atoms with Crippen LogP contribution in [0, 0.1) is 6.92 Å². The van der Waals surface area contributed by atoms with Gasteiger partial charge >= 0.3 is 0 Å². The van der Waals surface area contributed by atoms with Crippen LogP contribution in [-0.2, 0) is 0 Å². The second-order valence-electron chi connectivity index (χ2n) is 5.54. The zero-order chi connectivity index (χ0) is 14.3. The van der Waals surface area contributed by atoms with E-state index in [4.69, 9.17) is 4.52 Å². The lowest BCUT2D eigenvalue weighted by molar-refractivity contribution is 0.0797. The molecule has 1 aliphatic rings. The molecule has 5 heteroatoms. The van der Waals surface area contributed by atoms with Gasteiger partial charge in [0.1, 0.15) is 0 Å². The fourth-order valence-corrected chi connectivity index (χ4v) is 2.51. The predicted molar refractivity (Wildman–Crippen MR) is 75.8 cm³/mol. The number of carbonyl (C=O) groups is 1. The summed E-state index contributed by atoms with van der Waals surface area (Å²) in [6.45, 7) is 4.65. The van der Waals surface area contributed by atoms with E-state index >= 15 is 0 Å². The highest BCUT2D eigenvalue weighted by molar-refractivity contribution is 6.06. The molecular weight excluding hydrogens is 254 g/mol. The SMILES string of the molecule is CCCN(C)C(=O)c1cc(C2CC2)nc2onc(C)c12. The summed E-state index contributed by atoms with van der Waals surface area (Å²) in [6.07, 6.45) is 3.22. The number of carbonyl (C=O) groups excluding carboxylic acids is 1. The Hall–Kier alpha value is -1.91. The standard InChI is InChI=1S/C15H19N3O2/c1-4-7-18(3)15(19)11-8-12(10-5-6-10)16-14-13(11)9(2)17-20-14/h8,10H,4-7H2,1-3H3. The fourth-order valence-electron chi connectivity index (χ4n) is 2.51. The summed E-state index contributed by atoms with van der Waals surface area (Å²) < 4.78 is 5.27. The Morgan fingerprint density at radius 1 is 1.50 bits per heavy atom. The number of amides is 1. The van der Waals surface area contributed by atoms with Crippen molar-refractivity contribution in [1.82, 2.24) is 15.0 Å². The fraction of sp³-hybridized carbons (Fsp3) is 0.533. The Balaban J connectivity index is 2.11. The second-order valence-corrected chi connectivity index (χ2v) is 5.54. The number of hydrogen-bond donors (Lipinski definition) is 0. The summed E-state index contributed by atoms with van der Waals surface area (Å²) in [4.78, 5) is 18.9. The van der Waals surface area contributed by atoms with Crippen molar-refractivity contribution in [3.05, 3.63) is 23.0 Å². The maximum atomic E-state index is 12.6. The van der Waals surface area contributed by atoms with Crippen molar-refractivity contribution in [2.75, 3.05) is 13.6 Å². The molecule has 1 amide bonds. The van der Waals surface area contributed by atoms with Crippen molar-refractivity contribution in [1.29, 1.82) is 0 Å². The van der Waals surface area contributed by atoms with Crippen LogP contribution < -0.4 is 0 Å². The van der Waals surface area contributed by atoms with E-state index in [0.717, 1.165) is 42.6 Å². The van der Waals surface area contributed by atoms with Gasteiger partial charge in [0.25, 0.3) is 11.6 Å². The Labute approximate surface area is 117 Å². The van der Waals surface area contributed by atoms with Crippen LogP contribution in [0.5, 0.6) is 0 Å². The molecule has 0 saturated heterocycles. The van der Waals surface area contributed by atoms with Gasteiger partial charge in [-0.25, -0.2) is 4.98 Å². The first kappa shape index (κ1) is 13.1. The molecule has 0 spiro atoms. The topological polar surface area (TPSA) is 59.2 Å². The zero-order valence-electron chi connectivity index (χ0n) is 12.1. The van der Waals surface area contributed by atoms with E-state index in [0.29, 0.717) is 17.2 Å². The second kappa shape index (κ2) is 4.89. The molecule has 5 nitrogen and oxygen atoms in total. The van der Waals surface area contributed by atoms with Crippen LogP contribution in [-0.4, -0.2) is 34.5 Å². The van der Waals surface area contributed by atoms with Crippen LogP contribution in [0.15, 0.2) is 10.6 Å². The van der Waals surface area contributed by atoms with Gasteiger partial charge in [-0.15, -0.1) is 0 Å². The number of fused-ring (bicyclic) bond motifs is 1. The van der Waals surface area contributed by atoms with Gasteiger partial charge in [0.2, 0.25) is 0 Å². The quantitative estimate of drug-likeness (QED) is 0.859. The lowest BCUT2D eigenvalue weighted by Gasteiger charge is -2.17. The van der Waals surface area contributed by atoms with E-state index in [9.17, 15) is 4.79 Å². The molecule has 1 aliphatic carbocycles. The summed E-state index contributed by atoms with van der Waals surface area (Å²) in [5.74, 6) is 0.500. The minimum atomic E-state index is 0.0208. The van der Waals surface area contributed by atoms with Gasteiger partial charge in [-0.3, -0.25) is 4.79 Å². The molecule has 0 unspecified atom stereocenters. The van der Waals surface area contributed by atoms with Crippen molar-refractivity contribution in [3.63, 3.8) is 0 Å². The van der Waals surface area contributed by atoms with Crippen molar-refractivity contribution in [2.45, 2.75) is 39.0 Å². The first-order valence-corrected chi connectivity index (χ1v) is 7.14. The van der Waals surface area contributed by atoms with Crippen LogP contribution in [0.1, 0.15) is 53.8 Å². The number of nitrogens with zero attached hydrogens (tertiary/aromatic N) is 3. The number of rotatable bonds is 4. The van der Waals surface area contributed by atoms with E-state index in [1.54, 1.807) is 4.90 Å². The normalized spacial score (nSPS) is 14.8. The maximum Gasteiger partial charge on any atom is 0.259 e. The van der Waals surface area contributed by atoms with Gasteiger partial charge in [-0.05, 0) is 32.3 Å². The maximum absolute atomic E-state index is 12.6. The van der Waals surface area contributed by atoms with Gasteiger partial charge in [-0.1, -0.05) is 12.1 Å².